The fourth-order valence-corrected chi connectivity index (χ4v) is 1.68. The molecule has 1 aromatic heterocycles. The topological polar surface area (TPSA) is 68.7 Å². The normalized spacial score (nSPS) is 19.4. The van der Waals surface area contributed by atoms with Crippen LogP contribution in [0.5, 0.6) is 0 Å². The summed E-state index contributed by atoms with van der Waals surface area (Å²) in [5.41, 5.74) is 0.937. The predicted molar refractivity (Wildman–Crippen MR) is 59.8 cm³/mol. The van der Waals surface area contributed by atoms with Crippen molar-refractivity contribution in [1.29, 1.82) is 0 Å². The number of aromatic carboxylic acids is 1. The third kappa shape index (κ3) is 3.51. The maximum atomic E-state index is 10.6. The number of carboxylic acids is 1. The van der Waals surface area contributed by atoms with Gasteiger partial charge in [-0.05, 0) is 18.6 Å². The van der Waals surface area contributed by atoms with E-state index in [0.29, 0.717) is 19.1 Å². The summed E-state index contributed by atoms with van der Waals surface area (Å²) in [6, 6.07) is 3.21. The Hall–Kier alpha value is -1.46. The van der Waals surface area contributed by atoms with Crippen LogP contribution in [0.2, 0.25) is 0 Å². The lowest BCUT2D eigenvalue weighted by Crippen LogP contribution is -2.09. The summed E-state index contributed by atoms with van der Waals surface area (Å²) in [7, 11) is 0. The second kappa shape index (κ2) is 5.75. The minimum absolute atomic E-state index is 0.193. The Bertz CT molecular complexity index is 371. The summed E-state index contributed by atoms with van der Waals surface area (Å²) < 4.78 is 10.8. The molecule has 1 atom stereocenters. The molecule has 0 saturated carbocycles. The fraction of sp³-hybridized carbons (Fsp3) is 0.500. The number of hydrogen-bond donors (Lipinski definition) is 1. The van der Waals surface area contributed by atoms with Crippen LogP contribution in [0.25, 0.3) is 0 Å². The van der Waals surface area contributed by atoms with E-state index in [4.69, 9.17) is 14.6 Å². The molecule has 1 fully saturated rings. The highest BCUT2D eigenvalue weighted by Crippen LogP contribution is 2.13. The SMILES string of the molecule is O=C(O)c1ccc(COCC2CCOC2)nc1. The van der Waals surface area contributed by atoms with Crippen molar-refractivity contribution in [2.45, 2.75) is 13.0 Å². The van der Waals surface area contributed by atoms with Crippen LogP contribution in [0.4, 0.5) is 0 Å². The summed E-state index contributed by atoms with van der Waals surface area (Å²) in [6.07, 6.45) is 2.39. The molecule has 0 bridgehead atoms. The monoisotopic (exact) mass is 237 g/mol. The summed E-state index contributed by atoms with van der Waals surface area (Å²) >= 11 is 0. The van der Waals surface area contributed by atoms with Gasteiger partial charge in [0.25, 0.3) is 0 Å². The first kappa shape index (κ1) is 12.0. The van der Waals surface area contributed by atoms with Gasteiger partial charge in [0.1, 0.15) is 0 Å². The Morgan fingerprint density at radius 1 is 1.59 bits per heavy atom. The molecule has 0 radical (unpaired) electrons. The van der Waals surface area contributed by atoms with Gasteiger partial charge in [-0.1, -0.05) is 0 Å². The van der Waals surface area contributed by atoms with Gasteiger partial charge in [0, 0.05) is 18.7 Å². The lowest BCUT2D eigenvalue weighted by atomic mass is 10.1. The van der Waals surface area contributed by atoms with Crippen molar-refractivity contribution in [2.75, 3.05) is 19.8 Å². The van der Waals surface area contributed by atoms with Gasteiger partial charge in [0.2, 0.25) is 0 Å². The molecule has 2 rings (SSSR count). The van der Waals surface area contributed by atoms with Gasteiger partial charge >= 0.3 is 5.97 Å². The number of nitrogens with zero attached hydrogens (tertiary/aromatic N) is 1. The Morgan fingerprint density at radius 3 is 3.06 bits per heavy atom. The number of pyridine rings is 1. The molecule has 0 spiro atoms. The highest BCUT2D eigenvalue weighted by molar-refractivity contribution is 5.87. The van der Waals surface area contributed by atoms with Crippen molar-refractivity contribution in [2.24, 2.45) is 5.92 Å². The smallest absolute Gasteiger partial charge is 0.337 e. The molecule has 1 aromatic rings. The van der Waals surface area contributed by atoms with Crippen LogP contribution in [0.3, 0.4) is 0 Å². The van der Waals surface area contributed by atoms with Gasteiger partial charge in [-0.15, -0.1) is 0 Å². The number of aromatic nitrogens is 1. The van der Waals surface area contributed by atoms with E-state index in [1.807, 2.05) is 0 Å². The zero-order chi connectivity index (χ0) is 12.1. The van der Waals surface area contributed by atoms with E-state index in [2.05, 4.69) is 4.98 Å². The Morgan fingerprint density at radius 2 is 2.47 bits per heavy atom. The van der Waals surface area contributed by atoms with Crippen LogP contribution < -0.4 is 0 Å². The van der Waals surface area contributed by atoms with Crippen molar-refractivity contribution >= 4 is 5.97 Å². The fourth-order valence-electron chi connectivity index (χ4n) is 1.68. The lowest BCUT2D eigenvalue weighted by molar-refractivity contribution is 0.0694. The molecule has 1 aliphatic heterocycles. The van der Waals surface area contributed by atoms with Gasteiger partial charge in [-0.2, -0.15) is 0 Å². The first-order chi connectivity index (χ1) is 8.25. The van der Waals surface area contributed by atoms with Crippen molar-refractivity contribution in [3.05, 3.63) is 29.6 Å². The van der Waals surface area contributed by atoms with Gasteiger partial charge in [0.15, 0.2) is 0 Å². The Kier molecular flexibility index (Phi) is 4.06. The molecule has 1 N–H and O–H groups in total. The zero-order valence-electron chi connectivity index (χ0n) is 9.46. The van der Waals surface area contributed by atoms with E-state index >= 15 is 0 Å². The maximum absolute atomic E-state index is 10.6. The first-order valence-electron chi connectivity index (χ1n) is 5.59. The summed E-state index contributed by atoms with van der Waals surface area (Å²) in [5, 5.41) is 8.71. The third-order valence-electron chi connectivity index (χ3n) is 2.70. The molecule has 1 aliphatic rings. The quantitative estimate of drug-likeness (QED) is 0.836. The van der Waals surface area contributed by atoms with Crippen molar-refractivity contribution in [1.82, 2.24) is 4.98 Å². The molecule has 17 heavy (non-hydrogen) atoms. The molecule has 2 heterocycles. The average Bonchev–Trinajstić information content (AvgIpc) is 2.83. The molecular formula is C12H15NO4. The first-order valence-corrected chi connectivity index (χ1v) is 5.59. The van der Waals surface area contributed by atoms with E-state index in [0.717, 1.165) is 25.3 Å². The second-order valence-corrected chi connectivity index (χ2v) is 4.09. The predicted octanol–water partition coefficient (Wildman–Crippen LogP) is 1.33. The molecule has 92 valence electrons. The van der Waals surface area contributed by atoms with Gasteiger partial charge in [0.05, 0.1) is 31.1 Å². The van der Waals surface area contributed by atoms with Crippen LogP contribution >= 0.6 is 0 Å². The van der Waals surface area contributed by atoms with E-state index in [1.165, 1.54) is 12.3 Å². The molecule has 0 aromatic carbocycles. The van der Waals surface area contributed by atoms with Gasteiger partial charge < -0.3 is 14.6 Å². The zero-order valence-corrected chi connectivity index (χ0v) is 9.46. The highest BCUT2D eigenvalue weighted by atomic mass is 16.5. The average molecular weight is 237 g/mol. The van der Waals surface area contributed by atoms with Crippen LogP contribution in [0.15, 0.2) is 18.3 Å². The number of carbonyl (C=O) groups is 1. The lowest BCUT2D eigenvalue weighted by Gasteiger charge is -2.08. The second-order valence-electron chi connectivity index (χ2n) is 4.09. The molecular weight excluding hydrogens is 222 g/mol. The molecule has 5 nitrogen and oxygen atoms in total. The number of ether oxygens (including phenoxy) is 2. The number of carboxylic acid groups (broad SMARTS) is 1. The van der Waals surface area contributed by atoms with Crippen LogP contribution in [-0.4, -0.2) is 35.9 Å². The minimum atomic E-state index is -0.965. The van der Waals surface area contributed by atoms with Crippen LogP contribution in [0.1, 0.15) is 22.5 Å². The van der Waals surface area contributed by atoms with Crippen molar-refractivity contribution in [3.63, 3.8) is 0 Å². The summed E-state index contributed by atoms with van der Waals surface area (Å²) in [5.74, 6) is -0.485. The van der Waals surface area contributed by atoms with E-state index in [9.17, 15) is 4.79 Å². The molecule has 0 aliphatic carbocycles. The van der Waals surface area contributed by atoms with Crippen molar-refractivity contribution in [3.8, 4) is 0 Å². The maximum Gasteiger partial charge on any atom is 0.337 e. The molecule has 5 heteroatoms. The molecule has 1 unspecified atom stereocenters. The molecule has 1 saturated heterocycles. The van der Waals surface area contributed by atoms with E-state index in [-0.39, 0.29) is 5.56 Å². The van der Waals surface area contributed by atoms with E-state index < -0.39 is 5.97 Å². The number of hydrogen-bond acceptors (Lipinski definition) is 4. The summed E-state index contributed by atoms with van der Waals surface area (Å²) in [6.45, 7) is 2.67. The minimum Gasteiger partial charge on any atom is -0.478 e. The third-order valence-corrected chi connectivity index (χ3v) is 2.70. The Labute approximate surface area is 99.4 Å². The van der Waals surface area contributed by atoms with Gasteiger partial charge in [-0.25, -0.2) is 4.79 Å². The largest absolute Gasteiger partial charge is 0.478 e. The summed E-state index contributed by atoms with van der Waals surface area (Å²) in [4.78, 5) is 14.6. The van der Waals surface area contributed by atoms with Crippen LogP contribution in [0, 0.1) is 5.92 Å². The molecule has 0 amide bonds. The standard InChI is InChI=1S/C12H15NO4/c14-12(15)10-1-2-11(13-5-10)8-17-7-9-3-4-16-6-9/h1-2,5,9H,3-4,6-8H2,(H,14,15). The van der Waals surface area contributed by atoms with Crippen molar-refractivity contribution < 1.29 is 19.4 Å². The number of rotatable bonds is 5. The van der Waals surface area contributed by atoms with Crippen LogP contribution in [-0.2, 0) is 16.1 Å². The van der Waals surface area contributed by atoms with E-state index in [1.54, 1.807) is 6.07 Å². The van der Waals surface area contributed by atoms with Gasteiger partial charge in [-0.3, -0.25) is 4.98 Å². The highest BCUT2D eigenvalue weighted by Gasteiger charge is 2.15. The Balaban J connectivity index is 1.76.